The minimum absolute atomic E-state index is 0.0427. The summed E-state index contributed by atoms with van der Waals surface area (Å²) in [5.41, 5.74) is 1.72. The Kier molecular flexibility index (Phi) is 4.92. The molecule has 1 aromatic heterocycles. The second-order valence-corrected chi connectivity index (χ2v) is 5.95. The molecule has 0 radical (unpaired) electrons. The number of thioether (sulfide) groups is 1. The van der Waals surface area contributed by atoms with E-state index in [4.69, 9.17) is 4.74 Å². The van der Waals surface area contributed by atoms with Crippen molar-refractivity contribution >= 4 is 22.8 Å². The molecule has 23 heavy (non-hydrogen) atoms. The van der Waals surface area contributed by atoms with E-state index in [1.165, 1.54) is 0 Å². The van der Waals surface area contributed by atoms with Gasteiger partial charge in [0.1, 0.15) is 5.75 Å². The maximum absolute atomic E-state index is 12.7. The lowest BCUT2D eigenvalue weighted by atomic mass is 10.2. The highest BCUT2D eigenvalue weighted by Crippen LogP contribution is 2.22. The minimum atomic E-state index is -0.0427. The first-order valence-corrected chi connectivity index (χ1v) is 8.28. The summed E-state index contributed by atoms with van der Waals surface area (Å²) in [4.78, 5) is 23.0. The van der Waals surface area contributed by atoms with Gasteiger partial charge in [0.2, 0.25) is 0 Å². The average Bonchev–Trinajstić information content (AvgIpc) is 3.09. The quantitative estimate of drug-likeness (QED) is 0.866. The Morgan fingerprint density at radius 1 is 1.35 bits per heavy atom. The topological polar surface area (TPSA) is 54.8 Å². The number of hydrogen-bond acceptors (Lipinski definition) is 5. The number of carbonyl (C=O) groups is 1. The second-order valence-electron chi connectivity index (χ2n) is 5.00. The SMILES string of the molecule is COc1cccc(C(=O)N2CCN=C2SCc2cccnc2)c1. The molecule has 1 aliphatic heterocycles. The van der Waals surface area contributed by atoms with Gasteiger partial charge in [-0.15, -0.1) is 0 Å². The van der Waals surface area contributed by atoms with E-state index in [0.717, 1.165) is 16.5 Å². The molecule has 6 heteroatoms. The van der Waals surface area contributed by atoms with Gasteiger partial charge in [-0.2, -0.15) is 0 Å². The van der Waals surface area contributed by atoms with E-state index in [1.807, 2.05) is 30.5 Å². The van der Waals surface area contributed by atoms with Crippen molar-refractivity contribution in [2.75, 3.05) is 20.2 Å². The number of amides is 1. The van der Waals surface area contributed by atoms with Crippen molar-refractivity contribution in [1.82, 2.24) is 9.88 Å². The van der Waals surface area contributed by atoms with E-state index < -0.39 is 0 Å². The molecular weight excluding hydrogens is 310 g/mol. The van der Waals surface area contributed by atoms with Crippen LogP contribution in [0.3, 0.4) is 0 Å². The van der Waals surface area contributed by atoms with Crippen molar-refractivity contribution in [3.63, 3.8) is 0 Å². The fourth-order valence-corrected chi connectivity index (χ4v) is 3.26. The zero-order valence-corrected chi connectivity index (χ0v) is 13.6. The molecule has 1 aromatic carbocycles. The number of nitrogens with zero attached hydrogens (tertiary/aromatic N) is 3. The normalized spacial score (nSPS) is 13.8. The standard InChI is InChI=1S/C17H17N3O2S/c1-22-15-6-2-5-14(10-15)16(21)20-9-8-19-17(20)23-12-13-4-3-7-18-11-13/h2-7,10-11H,8-9,12H2,1H3. The maximum atomic E-state index is 12.7. The number of ether oxygens (including phenoxy) is 1. The van der Waals surface area contributed by atoms with Gasteiger partial charge >= 0.3 is 0 Å². The Bertz CT molecular complexity index is 719. The first-order chi connectivity index (χ1) is 11.3. The van der Waals surface area contributed by atoms with Gasteiger partial charge in [0.05, 0.1) is 13.7 Å². The maximum Gasteiger partial charge on any atom is 0.260 e. The van der Waals surface area contributed by atoms with Crippen molar-refractivity contribution < 1.29 is 9.53 Å². The van der Waals surface area contributed by atoms with Gasteiger partial charge in [-0.1, -0.05) is 23.9 Å². The first kappa shape index (κ1) is 15.6. The van der Waals surface area contributed by atoms with Gasteiger partial charge in [-0.3, -0.25) is 19.7 Å². The minimum Gasteiger partial charge on any atom is -0.497 e. The predicted molar refractivity (Wildman–Crippen MR) is 91.9 cm³/mol. The molecule has 2 heterocycles. The molecule has 0 saturated heterocycles. The predicted octanol–water partition coefficient (Wildman–Crippen LogP) is 2.84. The molecule has 0 N–H and O–H groups in total. The molecule has 1 aliphatic rings. The summed E-state index contributed by atoms with van der Waals surface area (Å²) < 4.78 is 5.19. The second kappa shape index (κ2) is 7.28. The molecule has 2 aromatic rings. The van der Waals surface area contributed by atoms with E-state index >= 15 is 0 Å². The van der Waals surface area contributed by atoms with Gasteiger partial charge < -0.3 is 4.74 Å². The van der Waals surface area contributed by atoms with Gasteiger partial charge in [0, 0.05) is 30.3 Å². The Morgan fingerprint density at radius 2 is 2.26 bits per heavy atom. The van der Waals surface area contributed by atoms with Crippen LogP contribution in [-0.4, -0.2) is 41.2 Å². The summed E-state index contributed by atoms with van der Waals surface area (Å²) in [5.74, 6) is 1.38. The summed E-state index contributed by atoms with van der Waals surface area (Å²) >= 11 is 1.56. The van der Waals surface area contributed by atoms with Crippen LogP contribution in [-0.2, 0) is 5.75 Å². The van der Waals surface area contributed by atoms with Crippen LogP contribution in [0.1, 0.15) is 15.9 Å². The molecule has 0 unspecified atom stereocenters. The van der Waals surface area contributed by atoms with Crippen molar-refractivity contribution in [3.8, 4) is 5.75 Å². The molecule has 0 bridgehead atoms. The zero-order chi connectivity index (χ0) is 16.1. The number of benzene rings is 1. The van der Waals surface area contributed by atoms with Gasteiger partial charge in [0.25, 0.3) is 5.91 Å². The van der Waals surface area contributed by atoms with Crippen molar-refractivity contribution in [3.05, 3.63) is 59.9 Å². The first-order valence-electron chi connectivity index (χ1n) is 7.30. The molecule has 0 atom stereocenters. The molecule has 0 aliphatic carbocycles. The van der Waals surface area contributed by atoms with Crippen LogP contribution in [0.4, 0.5) is 0 Å². The highest BCUT2D eigenvalue weighted by atomic mass is 32.2. The molecule has 5 nitrogen and oxygen atoms in total. The third-order valence-electron chi connectivity index (χ3n) is 3.45. The van der Waals surface area contributed by atoms with Gasteiger partial charge in [-0.25, -0.2) is 0 Å². The molecule has 0 spiro atoms. The van der Waals surface area contributed by atoms with E-state index in [-0.39, 0.29) is 5.91 Å². The lowest BCUT2D eigenvalue weighted by molar-refractivity contribution is 0.0860. The Hall–Kier alpha value is -2.34. The number of pyridine rings is 1. The largest absolute Gasteiger partial charge is 0.497 e. The highest BCUT2D eigenvalue weighted by Gasteiger charge is 2.25. The number of rotatable bonds is 4. The third kappa shape index (κ3) is 3.71. The molecule has 118 valence electrons. The molecule has 3 rings (SSSR count). The Labute approximate surface area is 139 Å². The highest BCUT2D eigenvalue weighted by molar-refractivity contribution is 8.13. The average molecular weight is 327 g/mol. The Morgan fingerprint density at radius 3 is 3.04 bits per heavy atom. The summed E-state index contributed by atoms with van der Waals surface area (Å²) in [6.07, 6.45) is 3.58. The van der Waals surface area contributed by atoms with Crippen LogP contribution in [0.25, 0.3) is 0 Å². The van der Waals surface area contributed by atoms with E-state index in [1.54, 1.807) is 42.1 Å². The number of hydrogen-bond donors (Lipinski definition) is 0. The number of aliphatic imine (C=N–C) groups is 1. The van der Waals surface area contributed by atoms with E-state index in [9.17, 15) is 4.79 Å². The summed E-state index contributed by atoms with van der Waals surface area (Å²) in [6.45, 7) is 1.26. The van der Waals surface area contributed by atoms with Crippen LogP contribution in [0.15, 0.2) is 53.8 Å². The molecule has 0 saturated carbocycles. The lowest BCUT2D eigenvalue weighted by Gasteiger charge is -2.18. The summed E-state index contributed by atoms with van der Waals surface area (Å²) in [6, 6.07) is 11.1. The van der Waals surface area contributed by atoms with Gasteiger partial charge in [-0.05, 0) is 29.8 Å². The number of carbonyl (C=O) groups excluding carboxylic acids is 1. The van der Waals surface area contributed by atoms with Crippen molar-refractivity contribution in [2.24, 2.45) is 4.99 Å². The molecule has 0 fully saturated rings. The summed E-state index contributed by atoms with van der Waals surface area (Å²) in [7, 11) is 1.59. The van der Waals surface area contributed by atoms with Crippen LogP contribution in [0.2, 0.25) is 0 Å². The van der Waals surface area contributed by atoms with E-state index in [0.29, 0.717) is 24.4 Å². The van der Waals surface area contributed by atoms with E-state index in [2.05, 4.69) is 9.98 Å². The fourth-order valence-electron chi connectivity index (χ4n) is 2.28. The molecule has 1 amide bonds. The summed E-state index contributed by atoms with van der Waals surface area (Å²) in [5, 5.41) is 0.765. The van der Waals surface area contributed by atoms with Crippen molar-refractivity contribution in [1.29, 1.82) is 0 Å². The van der Waals surface area contributed by atoms with Crippen LogP contribution in [0.5, 0.6) is 5.75 Å². The van der Waals surface area contributed by atoms with Crippen molar-refractivity contribution in [2.45, 2.75) is 5.75 Å². The number of methoxy groups -OCH3 is 1. The lowest BCUT2D eigenvalue weighted by Crippen LogP contribution is -2.32. The smallest absolute Gasteiger partial charge is 0.260 e. The number of amidine groups is 1. The van der Waals surface area contributed by atoms with Gasteiger partial charge in [0.15, 0.2) is 5.17 Å². The fraction of sp³-hybridized carbons (Fsp3) is 0.235. The van der Waals surface area contributed by atoms with Crippen LogP contribution < -0.4 is 4.74 Å². The Balaban J connectivity index is 1.69. The number of aromatic nitrogens is 1. The van der Waals surface area contributed by atoms with Crippen LogP contribution in [0, 0.1) is 0 Å². The zero-order valence-electron chi connectivity index (χ0n) is 12.8. The monoisotopic (exact) mass is 327 g/mol. The third-order valence-corrected chi connectivity index (χ3v) is 4.54. The molecular formula is C17H17N3O2S. The van der Waals surface area contributed by atoms with Crippen LogP contribution >= 0.6 is 11.8 Å².